The molecule has 1 N–H and O–H groups in total. The van der Waals surface area contributed by atoms with Crippen LogP contribution in [-0.2, 0) is 0 Å². The minimum Gasteiger partial charge on any atom is -0.477 e. The number of carbonyl (C=O) groups is 1. The van der Waals surface area contributed by atoms with Crippen LogP contribution in [-0.4, -0.2) is 58.5 Å². The summed E-state index contributed by atoms with van der Waals surface area (Å²) in [6.45, 7) is 7.62. The molecule has 0 atom stereocenters. The van der Waals surface area contributed by atoms with Crippen molar-refractivity contribution in [1.82, 2.24) is 19.9 Å². The van der Waals surface area contributed by atoms with Gasteiger partial charge in [-0.15, -0.1) is 0 Å². The first-order valence-electron chi connectivity index (χ1n) is 9.67. The Kier molecular flexibility index (Phi) is 5.14. The number of amides is 1. The third kappa shape index (κ3) is 3.78. The average Bonchev–Trinajstić information content (AvgIpc) is 3.21. The number of hydrogen-bond donors (Lipinski definition) is 1. The number of nitrogens with zero attached hydrogens (tertiary/aromatic N) is 4. The number of anilines is 1. The SMILES string of the molecule is CC(C)COc1cc(N2CCN(C(=O)c3cccc4[nH]ccc34)CC2)ncn1. The van der Waals surface area contributed by atoms with Gasteiger partial charge in [0.05, 0.1) is 6.61 Å². The van der Waals surface area contributed by atoms with Gasteiger partial charge in [-0.25, -0.2) is 9.97 Å². The monoisotopic (exact) mass is 379 g/mol. The van der Waals surface area contributed by atoms with Crippen molar-refractivity contribution >= 4 is 22.6 Å². The number of fused-ring (bicyclic) bond motifs is 1. The molecule has 0 unspecified atom stereocenters. The van der Waals surface area contributed by atoms with E-state index in [1.54, 1.807) is 0 Å². The van der Waals surface area contributed by atoms with Crippen molar-refractivity contribution < 1.29 is 9.53 Å². The summed E-state index contributed by atoms with van der Waals surface area (Å²) in [6, 6.07) is 9.63. The van der Waals surface area contributed by atoms with Gasteiger partial charge in [0.1, 0.15) is 12.1 Å². The van der Waals surface area contributed by atoms with Crippen LogP contribution in [0.15, 0.2) is 42.9 Å². The number of hydrogen-bond acceptors (Lipinski definition) is 5. The molecule has 1 aromatic carbocycles. The molecule has 0 spiro atoms. The number of benzene rings is 1. The van der Waals surface area contributed by atoms with Crippen LogP contribution in [0.2, 0.25) is 0 Å². The summed E-state index contributed by atoms with van der Waals surface area (Å²) in [6.07, 6.45) is 3.41. The second-order valence-corrected chi connectivity index (χ2v) is 7.44. The highest BCUT2D eigenvalue weighted by atomic mass is 16.5. The Morgan fingerprint density at radius 3 is 2.79 bits per heavy atom. The van der Waals surface area contributed by atoms with Crippen molar-refractivity contribution in [1.29, 1.82) is 0 Å². The van der Waals surface area contributed by atoms with Crippen molar-refractivity contribution in [2.75, 3.05) is 37.7 Å². The number of piperazine rings is 1. The number of carbonyl (C=O) groups excluding carboxylic acids is 1. The second kappa shape index (κ2) is 7.88. The fourth-order valence-corrected chi connectivity index (χ4v) is 3.41. The Morgan fingerprint density at radius 1 is 1.18 bits per heavy atom. The summed E-state index contributed by atoms with van der Waals surface area (Å²) >= 11 is 0. The molecule has 7 heteroatoms. The molecule has 0 radical (unpaired) electrons. The predicted octanol–water partition coefficient (Wildman–Crippen LogP) is 2.96. The summed E-state index contributed by atoms with van der Waals surface area (Å²) in [4.78, 5) is 28.8. The molecule has 1 aliphatic rings. The van der Waals surface area contributed by atoms with Gasteiger partial charge in [0.15, 0.2) is 0 Å². The van der Waals surface area contributed by atoms with Gasteiger partial charge in [-0.2, -0.15) is 0 Å². The lowest BCUT2D eigenvalue weighted by molar-refractivity contribution is 0.0748. The van der Waals surface area contributed by atoms with E-state index in [-0.39, 0.29) is 5.91 Å². The largest absolute Gasteiger partial charge is 0.477 e. The topological polar surface area (TPSA) is 74.3 Å². The zero-order chi connectivity index (χ0) is 19.5. The molecule has 3 heterocycles. The van der Waals surface area contributed by atoms with E-state index in [9.17, 15) is 4.79 Å². The molecule has 28 heavy (non-hydrogen) atoms. The lowest BCUT2D eigenvalue weighted by Gasteiger charge is -2.35. The van der Waals surface area contributed by atoms with Crippen LogP contribution in [0.4, 0.5) is 5.82 Å². The summed E-state index contributed by atoms with van der Waals surface area (Å²) < 4.78 is 5.70. The van der Waals surface area contributed by atoms with Crippen LogP contribution in [0.5, 0.6) is 5.88 Å². The van der Waals surface area contributed by atoms with E-state index in [2.05, 4.69) is 33.7 Å². The van der Waals surface area contributed by atoms with Gasteiger partial charge in [0, 0.05) is 54.9 Å². The molecule has 4 rings (SSSR count). The van der Waals surface area contributed by atoms with Crippen molar-refractivity contribution in [2.24, 2.45) is 5.92 Å². The maximum Gasteiger partial charge on any atom is 0.254 e. The van der Waals surface area contributed by atoms with Crippen LogP contribution >= 0.6 is 0 Å². The van der Waals surface area contributed by atoms with E-state index in [1.165, 1.54) is 6.33 Å². The third-order valence-corrected chi connectivity index (χ3v) is 4.91. The molecular weight excluding hydrogens is 354 g/mol. The average molecular weight is 379 g/mol. The molecule has 1 fully saturated rings. The van der Waals surface area contributed by atoms with Gasteiger partial charge in [0.2, 0.25) is 5.88 Å². The van der Waals surface area contributed by atoms with E-state index in [0.29, 0.717) is 31.5 Å². The smallest absolute Gasteiger partial charge is 0.254 e. The molecule has 1 amide bonds. The van der Waals surface area contributed by atoms with E-state index in [4.69, 9.17) is 4.74 Å². The lowest BCUT2D eigenvalue weighted by Crippen LogP contribution is -2.49. The quantitative estimate of drug-likeness (QED) is 0.738. The molecule has 7 nitrogen and oxygen atoms in total. The minimum atomic E-state index is 0.0773. The normalized spacial score (nSPS) is 14.7. The number of H-pyrrole nitrogens is 1. The molecule has 0 bridgehead atoms. The molecule has 1 saturated heterocycles. The first kappa shape index (κ1) is 18.3. The van der Waals surface area contributed by atoms with Gasteiger partial charge < -0.3 is 19.5 Å². The molecule has 3 aromatic rings. The molecule has 1 aliphatic heterocycles. The summed E-state index contributed by atoms with van der Waals surface area (Å²) in [5.41, 5.74) is 1.73. The van der Waals surface area contributed by atoms with Crippen molar-refractivity contribution in [3.8, 4) is 5.88 Å². The first-order valence-corrected chi connectivity index (χ1v) is 9.67. The second-order valence-electron chi connectivity index (χ2n) is 7.44. The van der Waals surface area contributed by atoms with Gasteiger partial charge >= 0.3 is 0 Å². The predicted molar refractivity (Wildman–Crippen MR) is 109 cm³/mol. The number of nitrogens with one attached hydrogen (secondary N) is 1. The fourth-order valence-electron chi connectivity index (χ4n) is 3.41. The molecular formula is C21H25N5O2. The Morgan fingerprint density at radius 2 is 2.00 bits per heavy atom. The fraction of sp³-hybridized carbons (Fsp3) is 0.381. The zero-order valence-electron chi connectivity index (χ0n) is 16.3. The molecule has 0 saturated carbocycles. The van der Waals surface area contributed by atoms with Crippen LogP contribution in [0.1, 0.15) is 24.2 Å². The Balaban J connectivity index is 1.41. The maximum atomic E-state index is 13.0. The van der Waals surface area contributed by atoms with Gasteiger partial charge in [-0.05, 0) is 24.1 Å². The van der Waals surface area contributed by atoms with Crippen LogP contribution in [0.25, 0.3) is 10.9 Å². The highest BCUT2D eigenvalue weighted by molar-refractivity contribution is 6.06. The molecule has 2 aromatic heterocycles. The summed E-state index contributed by atoms with van der Waals surface area (Å²) in [5.74, 6) is 1.95. The first-order chi connectivity index (χ1) is 13.6. The van der Waals surface area contributed by atoms with Crippen molar-refractivity contribution in [3.63, 3.8) is 0 Å². The number of aromatic nitrogens is 3. The van der Waals surface area contributed by atoms with Crippen LogP contribution < -0.4 is 9.64 Å². The minimum absolute atomic E-state index is 0.0773. The van der Waals surface area contributed by atoms with E-state index >= 15 is 0 Å². The van der Waals surface area contributed by atoms with Gasteiger partial charge in [-0.1, -0.05) is 19.9 Å². The zero-order valence-corrected chi connectivity index (χ0v) is 16.3. The summed E-state index contributed by atoms with van der Waals surface area (Å²) in [5, 5.41) is 0.970. The van der Waals surface area contributed by atoms with Gasteiger partial charge in [0.25, 0.3) is 5.91 Å². The van der Waals surface area contributed by atoms with E-state index in [0.717, 1.165) is 35.4 Å². The Labute approximate surface area is 164 Å². The highest BCUT2D eigenvalue weighted by Crippen LogP contribution is 2.22. The van der Waals surface area contributed by atoms with E-state index in [1.807, 2.05) is 41.4 Å². The Hall–Kier alpha value is -3.09. The number of ether oxygens (including phenoxy) is 1. The van der Waals surface area contributed by atoms with Gasteiger partial charge in [-0.3, -0.25) is 4.79 Å². The molecule has 0 aliphatic carbocycles. The maximum absolute atomic E-state index is 13.0. The van der Waals surface area contributed by atoms with Crippen LogP contribution in [0.3, 0.4) is 0 Å². The number of rotatable bonds is 5. The van der Waals surface area contributed by atoms with Crippen molar-refractivity contribution in [2.45, 2.75) is 13.8 Å². The molecule has 146 valence electrons. The van der Waals surface area contributed by atoms with Crippen molar-refractivity contribution in [3.05, 3.63) is 48.4 Å². The standard InChI is InChI=1S/C21H25N5O2/c1-15(2)13-28-20-12-19(23-14-24-20)25-8-10-26(11-9-25)21(27)17-4-3-5-18-16(17)6-7-22-18/h3-7,12,14-15,22H,8-11,13H2,1-2H3. The number of aromatic amines is 1. The Bertz CT molecular complexity index is 960. The lowest BCUT2D eigenvalue weighted by atomic mass is 10.1. The summed E-state index contributed by atoms with van der Waals surface area (Å²) in [7, 11) is 0. The van der Waals surface area contributed by atoms with E-state index < -0.39 is 0 Å². The third-order valence-electron chi connectivity index (χ3n) is 4.91. The van der Waals surface area contributed by atoms with Crippen LogP contribution in [0, 0.1) is 5.92 Å². The highest BCUT2D eigenvalue weighted by Gasteiger charge is 2.24.